The van der Waals surface area contributed by atoms with Crippen LogP contribution in [0.1, 0.15) is 42.3 Å². The quantitative estimate of drug-likeness (QED) is 0.881. The monoisotopic (exact) mass is 379 g/mol. The molecule has 1 saturated heterocycles. The predicted octanol–water partition coefficient (Wildman–Crippen LogP) is 3.64. The Bertz CT molecular complexity index is 916. The molecule has 1 aliphatic carbocycles. The maximum atomic E-state index is 15.1. The van der Waals surface area contributed by atoms with Crippen LogP contribution in [0.25, 0.3) is 11.6 Å². The molecule has 1 N–H and O–H groups in total. The van der Waals surface area contributed by atoms with Gasteiger partial charge in [-0.1, -0.05) is 19.4 Å². The molecule has 5 heteroatoms. The van der Waals surface area contributed by atoms with Crippen molar-refractivity contribution in [1.82, 2.24) is 10.3 Å². The van der Waals surface area contributed by atoms with Gasteiger partial charge in [-0.3, -0.25) is 9.78 Å². The first-order valence-corrected chi connectivity index (χ1v) is 10.1. The molecule has 0 bridgehead atoms. The lowest BCUT2D eigenvalue weighted by Crippen LogP contribution is -2.43. The molecule has 0 unspecified atom stereocenters. The first kappa shape index (κ1) is 18.8. The number of carbonyl (C=O) groups is 1. The second kappa shape index (κ2) is 8.23. The Hall–Kier alpha value is -2.53. The van der Waals surface area contributed by atoms with Crippen molar-refractivity contribution in [2.24, 2.45) is 0 Å². The molecular formula is C23H26FN3O. The van der Waals surface area contributed by atoms with Crippen molar-refractivity contribution >= 4 is 23.1 Å². The summed E-state index contributed by atoms with van der Waals surface area (Å²) in [6.45, 7) is 5.65. The summed E-state index contributed by atoms with van der Waals surface area (Å²) in [5.74, 6) is -0.233. The number of hydrogen-bond donors (Lipinski definition) is 1. The number of ketones is 1. The SMILES string of the molecule is CCCc1cccc(C2=Cc3c(F)cc(N4CCNCC4)cc3CCC2=O)n1. The standard InChI is InChI=1S/C23H26FN3O/c1-2-4-17-5-3-6-22(26-17)20-15-19-16(7-8-23(20)28)13-18(14-21(19)24)27-11-9-25-10-12-27/h3,5-6,13-15,25H,2,4,7-12H2,1H3. The Morgan fingerprint density at radius 3 is 2.79 bits per heavy atom. The third-order valence-electron chi connectivity index (χ3n) is 5.48. The molecule has 2 heterocycles. The number of hydrogen-bond acceptors (Lipinski definition) is 4. The van der Waals surface area contributed by atoms with Crippen LogP contribution < -0.4 is 10.2 Å². The Morgan fingerprint density at radius 1 is 1.18 bits per heavy atom. The largest absolute Gasteiger partial charge is 0.369 e. The molecule has 1 aliphatic heterocycles. The highest BCUT2D eigenvalue weighted by atomic mass is 19.1. The molecule has 2 aliphatic rings. The number of aryl methyl sites for hydroxylation is 2. The fourth-order valence-corrected chi connectivity index (χ4v) is 3.98. The molecule has 0 radical (unpaired) electrons. The van der Waals surface area contributed by atoms with Gasteiger partial charge >= 0.3 is 0 Å². The lowest BCUT2D eigenvalue weighted by Gasteiger charge is -2.30. The number of piperazine rings is 1. The fourth-order valence-electron chi connectivity index (χ4n) is 3.98. The van der Waals surface area contributed by atoms with Crippen molar-refractivity contribution in [3.63, 3.8) is 0 Å². The smallest absolute Gasteiger partial charge is 0.165 e. The van der Waals surface area contributed by atoms with Crippen LogP contribution in [0.3, 0.4) is 0 Å². The normalized spacial score (nSPS) is 17.1. The zero-order valence-corrected chi connectivity index (χ0v) is 16.3. The second-order valence-corrected chi connectivity index (χ2v) is 7.48. The van der Waals surface area contributed by atoms with E-state index in [9.17, 15) is 4.79 Å². The third-order valence-corrected chi connectivity index (χ3v) is 5.48. The van der Waals surface area contributed by atoms with Gasteiger partial charge < -0.3 is 10.2 Å². The molecule has 1 aromatic carbocycles. The van der Waals surface area contributed by atoms with E-state index in [-0.39, 0.29) is 11.6 Å². The maximum absolute atomic E-state index is 15.1. The van der Waals surface area contributed by atoms with Crippen LogP contribution in [0.4, 0.5) is 10.1 Å². The van der Waals surface area contributed by atoms with Gasteiger partial charge in [-0.2, -0.15) is 0 Å². The molecule has 4 rings (SSSR count). The van der Waals surface area contributed by atoms with Gasteiger partial charge in [-0.05, 0) is 48.7 Å². The molecule has 1 fully saturated rings. The molecule has 4 nitrogen and oxygen atoms in total. The van der Waals surface area contributed by atoms with E-state index in [2.05, 4.69) is 28.2 Å². The van der Waals surface area contributed by atoms with Crippen molar-refractivity contribution in [2.75, 3.05) is 31.1 Å². The average Bonchev–Trinajstić information content (AvgIpc) is 2.89. The van der Waals surface area contributed by atoms with Crippen LogP contribution >= 0.6 is 0 Å². The van der Waals surface area contributed by atoms with E-state index in [0.29, 0.717) is 29.7 Å². The maximum Gasteiger partial charge on any atom is 0.165 e. The topological polar surface area (TPSA) is 45.2 Å². The van der Waals surface area contributed by atoms with Gasteiger partial charge in [0.1, 0.15) is 5.82 Å². The van der Waals surface area contributed by atoms with Crippen LogP contribution in [0.15, 0.2) is 30.3 Å². The van der Waals surface area contributed by atoms with Gasteiger partial charge in [0.2, 0.25) is 0 Å². The number of anilines is 1. The number of rotatable bonds is 4. The zero-order chi connectivity index (χ0) is 19.5. The molecule has 0 spiro atoms. The highest BCUT2D eigenvalue weighted by molar-refractivity contribution is 6.25. The summed E-state index contributed by atoms with van der Waals surface area (Å²) >= 11 is 0. The number of fused-ring (bicyclic) bond motifs is 1. The first-order valence-electron chi connectivity index (χ1n) is 10.1. The fraction of sp³-hybridized carbons (Fsp3) is 0.391. The number of allylic oxidation sites excluding steroid dienone is 1. The minimum atomic E-state index is -0.261. The summed E-state index contributed by atoms with van der Waals surface area (Å²) in [6.07, 6.45) is 4.51. The number of nitrogens with zero attached hydrogens (tertiary/aromatic N) is 2. The summed E-state index contributed by atoms with van der Waals surface area (Å²) in [7, 11) is 0. The van der Waals surface area contributed by atoms with Crippen molar-refractivity contribution in [3.8, 4) is 0 Å². The third kappa shape index (κ3) is 3.85. The number of nitrogens with one attached hydrogen (secondary N) is 1. The highest BCUT2D eigenvalue weighted by Gasteiger charge is 2.22. The van der Waals surface area contributed by atoms with E-state index in [0.717, 1.165) is 56.0 Å². The van der Waals surface area contributed by atoms with E-state index < -0.39 is 0 Å². The Kier molecular flexibility index (Phi) is 5.53. The van der Waals surface area contributed by atoms with Crippen LogP contribution in [-0.2, 0) is 17.6 Å². The minimum Gasteiger partial charge on any atom is -0.369 e. The van der Waals surface area contributed by atoms with Crippen molar-refractivity contribution in [2.45, 2.75) is 32.6 Å². The van der Waals surface area contributed by atoms with Gasteiger partial charge in [0.05, 0.1) is 5.69 Å². The first-order chi connectivity index (χ1) is 13.7. The van der Waals surface area contributed by atoms with Crippen LogP contribution in [0.5, 0.6) is 0 Å². The molecule has 2 aromatic rings. The second-order valence-electron chi connectivity index (χ2n) is 7.48. The number of carbonyl (C=O) groups excluding carboxylic acids is 1. The van der Waals surface area contributed by atoms with Gasteiger partial charge in [0, 0.05) is 55.1 Å². The number of Topliss-reactive ketones (excluding diaryl/α,β-unsaturated/α-hetero) is 1. The van der Waals surface area contributed by atoms with Crippen LogP contribution in [0.2, 0.25) is 0 Å². The minimum absolute atomic E-state index is 0.0282. The summed E-state index contributed by atoms with van der Waals surface area (Å²) in [5.41, 5.74) is 4.47. The van der Waals surface area contributed by atoms with E-state index in [1.807, 2.05) is 18.2 Å². The molecule has 0 amide bonds. The summed E-state index contributed by atoms with van der Waals surface area (Å²) in [6, 6.07) is 9.41. The molecule has 1 aromatic heterocycles. The van der Waals surface area contributed by atoms with E-state index in [1.54, 1.807) is 12.1 Å². The van der Waals surface area contributed by atoms with Crippen LogP contribution in [0, 0.1) is 5.82 Å². The summed E-state index contributed by atoms with van der Waals surface area (Å²) < 4.78 is 15.1. The number of aromatic nitrogens is 1. The van der Waals surface area contributed by atoms with Gasteiger partial charge in [-0.15, -0.1) is 0 Å². The molecule has 0 atom stereocenters. The predicted molar refractivity (Wildman–Crippen MR) is 111 cm³/mol. The molecule has 146 valence electrons. The summed E-state index contributed by atoms with van der Waals surface area (Å²) in [4.78, 5) is 19.6. The molecular weight excluding hydrogens is 353 g/mol. The Labute approximate surface area is 165 Å². The van der Waals surface area contributed by atoms with Crippen molar-refractivity contribution in [3.05, 3.63) is 58.7 Å². The average molecular weight is 379 g/mol. The van der Waals surface area contributed by atoms with E-state index in [4.69, 9.17) is 0 Å². The zero-order valence-electron chi connectivity index (χ0n) is 16.3. The van der Waals surface area contributed by atoms with E-state index >= 15 is 4.39 Å². The van der Waals surface area contributed by atoms with Crippen molar-refractivity contribution in [1.29, 1.82) is 0 Å². The van der Waals surface area contributed by atoms with E-state index in [1.165, 1.54) is 0 Å². The van der Waals surface area contributed by atoms with Crippen molar-refractivity contribution < 1.29 is 9.18 Å². The Morgan fingerprint density at radius 2 is 2.00 bits per heavy atom. The number of pyridine rings is 1. The number of halogens is 1. The van der Waals surface area contributed by atoms with Gasteiger partial charge in [0.25, 0.3) is 0 Å². The van der Waals surface area contributed by atoms with Crippen LogP contribution in [-0.4, -0.2) is 36.9 Å². The molecule has 28 heavy (non-hydrogen) atoms. The summed E-state index contributed by atoms with van der Waals surface area (Å²) in [5, 5.41) is 3.32. The lowest BCUT2D eigenvalue weighted by atomic mass is 10.0. The lowest BCUT2D eigenvalue weighted by molar-refractivity contribution is -0.113. The van der Waals surface area contributed by atoms with Gasteiger partial charge in [-0.25, -0.2) is 4.39 Å². The van der Waals surface area contributed by atoms with Gasteiger partial charge in [0.15, 0.2) is 5.78 Å². The number of benzene rings is 1. The highest BCUT2D eigenvalue weighted by Crippen LogP contribution is 2.31. The molecule has 0 saturated carbocycles. The Balaban J connectivity index is 1.73.